The van der Waals surface area contributed by atoms with Gasteiger partial charge in [0.25, 0.3) is 5.91 Å². The van der Waals surface area contributed by atoms with E-state index in [1.165, 1.54) is 6.07 Å². The lowest BCUT2D eigenvalue weighted by atomic mass is 10.1. The average molecular weight is 311 g/mol. The Morgan fingerprint density at radius 2 is 2.00 bits per heavy atom. The predicted octanol–water partition coefficient (Wildman–Crippen LogP) is 3.23. The zero-order valence-electron chi connectivity index (χ0n) is 11.9. The van der Waals surface area contributed by atoms with Gasteiger partial charge in [-0.1, -0.05) is 30.5 Å². The van der Waals surface area contributed by atoms with Crippen molar-refractivity contribution < 1.29 is 9.18 Å². The molecule has 3 nitrogen and oxygen atoms in total. The molecule has 1 aromatic rings. The second kappa shape index (κ2) is 6.32. The molecule has 1 aliphatic heterocycles. The molecule has 1 saturated carbocycles. The predicted molar refractivity (Wildman–Crippen MR) is 81.1 cm³/mol. The lowest BCUT2D eigenvalue weighted by molar-refractivity contribution is 0.0594. The molecule has 114 valence electrons. The van der Waals surface area contributed by atoms with Gasteiger partial charge in [0.2, 0.25) is 0 Å². The number of rotatable bonds is 3. The second-order valence-corrected chi connectivity index (χ2v) is 6.28. The van der Waals surface area contributed by atoms with Crippen molar-refractivity contribution in [2.45, 2.75) is 44.2 Å². The fourth-order valence-corrected chi connectivity index (χ4v) is 3.70. The normalized spacial score (nSPS) is 22.7. The van der Waals surface area contributed by atoms with Crippen LogP contribution in [0.5, 0.6) is 0 Å². The van der Waals surface area contributed by atoms with Crippen LogP contribution < -0.4 is 5.32 Å². The molecule has 0 radical (unpaired) electrons. The molecule has 21 heavy (non-hydrogen) atoms. The monoisotopic (exact) mass is 310 g/mol. The number of halogens is 2. The van der Waals surface area contributed by atoms with E-state index in [4.69, 9.17) is 11.6 Å². The van der Waals surface area contributed by atoms with Gasteiger partial charge >= 0.3 is 0 Å². The molecule has 1 amide bonds. The highest BCUT2D eigenvalue weighted by molar-refractivity contribution is 6.34. The van der Waals surface area contributed by atoms with Crippen LogP contribution in [0, 0.1) is 5.82 Å². The first-order chi connectivity index (χ1) is 10.2. The van der Waals surface area contributed by atoms with Crippen molar-refractivity contribution in [1.29, 1.82) is 0 Å². The van der Waals surface area contributed by atoms with Gasteiger partial charge in [0.05, 0.1) is 10.6 Å². The number of nitrogens with one attached hydrogen (secondary N) is 1. The van der Waals surface area contributed by atoms with Crippen molar-refractivity contribution >= 4 is 17.5 Å². The standard InChI is InChI=1S/C16H20ClFN2O/c17-15-13(6-3-7-14(15)18)16(21)20(11-4-1-2-5-11)12-8-9-19-10-12/h3,6-7,11-12,19H,1-2,4-5,8-10H2/t12-/m0/s1. The number of carbonyl (C=O) groups excluding carboxylic acids is 1. The summed E-state index contributed by atoms with van der Waals surface area (Å²) in [5.74, 6) is -0.654. The maximum absolute atomic E-state index is 13.6. The highest BCUT2D eigenvalue weighted by Gasteiger charge is 2.35. The molecule has 0 spiro atoms. The van der Waals surface area contributed by atoms with Gasteiger partial charge in [-0.3, -0.25) is 4.79 Å². The van der Waals surface area contributed by atoms with Crippen LogP contribution in [0.4, 0.5) is 4.39 Å². The Morgan fingerprint density at radius 1 is 1.24 bits per heavy atom. The minimum absolute atomic E-state index is 0.0588. The fourth-order valence-electron chi connectivity index (χ4n) is 3.50. The smallest absolute Gasteiger partial charge is 0.256 e. The Labute approximate surface area is 129 Å². The maximum atomic E-state index is 13.6. The van der Waals surface area contributed by atoms with E-state index in [2.05, 4.69) is 5.32 Å². The number of hydrogen-bond donors (Lipinski definition) is 1. The summed E-state index contributed by atoms with van der Waals surface area (Å²) in [4.78, 5) is 14.9. The number of amides is 1. The molecule has 1 aromatic carbocycles. The van der Waals surface area contributed by atoms with E-state index in [1.54, 1.807) is 12.1 Å². The maximum Gasteiger partial charge on any atom is 0.256 e. The Bertz CT molecular complexity index is 509. The SMILES string of the molecule is O=C(c1cccc(F)c1Cl)N(C1CCCC1)[C@H]1CCNC1. The summed E-state index contributed by atoms with van der Waals surface area (Å²) >= 11 is 6.01. The van der Waals surface area contributed by atoms with E-state index in [0.717, 1.165) is 45.2 Å². The largest absolute Gasteiger partial charge is 0.331 e. The topological polar surface area (TPSA) is 32.3 Å². The Morgan fingerprint density at radius 3 is 2.67 bits per heavy atom. The van der Waals surface area contributed by atoms with Crippen LogP contribution >= 0.6 is 11.6 Å². The molecule has 5 heteroatoms. The van der Waals surface area contributed by atoms with Crippen LogP contribution in [-0.4, -0.2) is 36.0 Å². The summed E-state index contributed by atoms with van der Waals surface area (Å²) in [7, 11) is 0. The van der Waals surface area contributed by atoms with Gasteiger partial charge in [0, 0.05) is 18.6 Å². The van der Waals surface area contributed by atoms with Gasteiger partial charge in [-0.2, -0.15) is 0 Å². The van der Waals surface area contributed by atoms with Crippen molar-refractivity contribution in [1.82, 2.24) is 10.2 Å². The van der Waals surface area contributed by atoms with Crippen LogP contribution in [0.1, 0.15) is 42.5 Å². The molecular weight excluding hydrogens is 291 g/mol. The summed E-state index contributed by atoms with van der Waals surface area (Å²) in [6.07, 6.45) is 5.34. The van der Waals surface area contributed by atoms with Crippen molar-refractivity contribution in [3.63, 3.8) is 0 Å². The lowest BCUT2D eigenvalue weighted by Crippen LogP contribution is -2.47. The first kappa shape index (κ1) is 14.8. The lowest BCUT2D eigenvalue weighted by Gasteiger charge is -2.34. The molecule has 1 aliphatic carbocycles. The van der Waals surface area contributed by atoms with Gasteiger partial charge in [0.1, 0.15) is 5.82 Å². The highest BCUT2D eigenvalue weighted by Crippen LogP contribution is 2.30. The molecule has 2 fully saturated rings. The third-order valence-corrected chi connectivity index (χ3v) is 4.95. The minimum atomic E-state index is -0.529. The van der Waals surface area contributed by atoms with Gasteiger partial charge in [0.15, 0.2) is 0 Å². The van der Waals surface area contributed by atoms with Crippen molar-refractivity contribution in [3.05, 3.63) is 34.6 Å². The summed E-state index contributed by atoms with van der Waals surface area (Å²) < 4.78 is 13.6. The number of nitrogens with zero attached hydrogens (tertiary/aromatic N) is 1. The first-order valence-electron chi connectivity index (χ1n) is 7.66. The van der Waals surface area contributed by atoms with Crippen LogP contribution in [0.3, 0.4) is 0 Å². The first-order valence-corrected chi connectivity index (χ1v) is 8.03. The zero-order valence-corrected chi connectivity index (χ0v) is 12.7. The molecule has 1 saturated heterocycles. The summed E-state index contributed by atoms with van der Waals surface area (Å²) in [6.45, 7) is 1.74. The molecule has 1 atom stereocenters. The molecule has 0 bridgehead atoms. The number of benzene rings is 1. The second-order valence-electron chi connectivity index (χ2n) is 5.90. The van der Waals surface area contributed by atoms with E-state index in [1.807, 2.05) is 4.90 Å². The van der Waals surface area contributed by atoms with Crippen LogP contribution in [0.15, 0.2) is 18.2 Å². The third kappa shape index (κ3) is 2.92. The van der Waals surface area contributed by atoms with Crippen LogP contribution in [-0.2, 0) is 0 Å². The third-order valence-electron chi connectivity index (χ3n) is 4.56. The highest BCUT2D eigenvalue weighted by atomic mass is 35.5. The number of carbonyl (C=O) groups is 1. The van der Waals surface area contributed by atoms with E-state index < -0.39 is 5.82 Å². The zero-order chi connectivity index (χ0) is 14.8. The quantitative estimate of drug-likeness (QED) is 0.929. The minimum Gasteiger partial charge on any atom is -0.331 e. The molecular formula is C16H20ClFN2O. The Kier molecular flexibility index (Phi) is 4.45. The molecule has 0 unspecified atom stereocenters. The van der Waals surface area contributed by atoms with E-state index in [0.29, 0.717) is 0 Å². The molecule has 3 rings (SSSR count). The molecule has 1 heterocycles. The Hall–Kier alpha value is -1.13. The molecule has 2 aliphatic rings. The van der Waals surface area contributed by atoms with Crippen molar-refractivity contribution in [2.75, 3.05) is 13.1 Å². The summed E-state index contributed by atoms with van der Waals surface area (Å²) in [6, 6.07) is 4.92. The summed E-state index contributed by atoms with van der Waals surface area (Å²) in [5.41, 5.74) is 0.287. The average Bonchev–Trinajstić information content (AvgIpc) is 3.16. The van der Waals surface area contributed by atoms with E-state index in [-0.39, 0.29) is 28.6 Å². The fraction of sp³-hybridized carbons (Fsp3) is 0.562. The van der Waals surface area contributed by atoms with Gasteiger partial charge in [-0.25, -0.2) is 4.39 Å². The van der Waals surface area contributed by atoms with Crippen LogP contribution in [0.25, 0.3) is 0 Å². The van der Waals surface area contributed by atoms with Gasteiger partial charge in [-0.15, -0.1) is 0 Å². The van der Waals surface area contributed by atoms with Crippen LogP contribution in [0.2, 0.25) is 5.02 Å². The molecule has 1 N–H and O–H groups in total. The van der Waals surface area contributed by atoms with E-state index in [9.17, 15) is 9.18 Å². The molecule has 0 aromatic heterocycles. The van der Waals surface area contributed by atoms with Crippen molar-refractivity contribution in [2.24, 2.45) is 0 Å². The van der Waals surface area contributed by atoms with Gasteiger partial charge in [-0.05, 0) is 37.9 Å². The van der Waals surface area contributed by atoms with Gasteiger partial charge < -0.3 is 10.2 Å². The Balaban J connectivity index is 1.91. The van der Waals surface area contributed by atoms with E-state index >= 15 is 0 Å². The van der Waals surface area contributed by atoms with Crippen molar-refractivity contribution in [3.8, 4) is 0 Å². The number of hydrogen-bond acceptors (Lipinski definition) is 2. The summed E-state index contributed by atoms with van der Waals surface area (Å²) in [5, 5.41) is 3.25.